The molecule has 0 aliphatic heterocycles. The highest BCUT2D eigenvalue weighted by atomic mass is 16.3. The van der Waals surface area contributed by atoms with E-state index in [1.165, 1.54) is 11.1 Å². The molecule has 0 atom stereocenters. The van der Waals surface area contributed by atoms with Crippen LogP contribution < -0.4 is 5.32 Å². The van der Waals surface area contributed by atoms with Crippen LogP contribution in [0.1, 0.15) is 25.0 Å². The van der Waals surface area contributed by atoms with Gasteiger partial charge >= 0.3 is 0 Å². The topological polar surface area (TPSA) is 35.5 Å². The molecule has 112 valence electrons. The summed E-state index contributed by atoms with van der Waals surface area (Å²) in [5, 5.41) is 12.6. The smallest absolute Gasteiger partial charge is 0.0558 e. The Morgan fingerprint density at radius 1 is 1.30 bits per heavy atom. The van der Waals surface area contributed by atoms with Gasteiger partial charge in [-0.2, -0.15) is 0 Å². The first-order valence-electron chi connectivity index (χ1n) is 7.39. The first-order chi connectivity index (χ1) is 9.67. The number of benzene rings is 1. The average Bonchev–Trinajstić information content (AvgIpc) is 2.41. The molecule has 0 heterocycles. The van der Waals surface area contributed by atoms with E-state index < -0.39 is 0 Å². The molecule has 0 saturated carbocycles. The summed E-state index contributed by atoms with van der Waals surface area (Å²) in [7, 11) is 0. The zero-order chi connectivity index (χ0) is 14.8. The highest BCUT2D eigenvalue weighted by Gasteiger charge is 2.07. The summed E-state index contributed by atoms with van der Waals surface area (Å²) < 4.78 is 0. The van der Waals surface area contributed by atoms with E-state index in [0.29, 0.717) is 12.5 Å². The van der Waals surface area contributed by atoms with Gasteiger partial charge in [-0.25, -0.2) is 0 Å². The molecule has 1 aromatic rings. The minimum Gasteiger partial charge on any atom is -0.395 e. The van der Waals surface area contributed by atoms with Gasteiger partial charge in [0, 0.05) is 26.2 Å². The predicted octanol–water partition coefficient (Wildman–Crippen LogP) is 2.41. The molecule has 0 unspecified atom stereocenters. The third-order valence-corrected chi connectivity index (χ3v) is 3.18. The normalized spacial score (nSPS) is 11.2. The quantitative estimate of drug-likeness (QED) is 0.644. The van der Waals surface area contributed by atoms with Gasteiger partial charge in [-0.3, -0.25) is 4.90 Å². The van der Waals surface area contributed by atoms with Crippen molar-refractivity contribution in [1.29, 1.82) is 0 Å². The van der Waals surface area contributed by atoms with Crippen LogP contribution in [-0.4, -0.2) is 36.2 Å². The van der Waals surface area contributed by atoms with E-state index in [1.807, 2.05) is 6.08 Å². The Morgan fingerprint density at radius 2 is 2.00 bits per heavy atom. The lowest BCUT2D eigenvalue weighted by atomic mass is 10.1. The van der Waals surface area contributed by atoms with Crippen LogP contribution in [0.25, 0.3) is 0 Å². The Balaban J connectivity index is 2.65. The number of rotatable bonds is 10. The number of nitrogens with zero attached hydrogens (tertiary/aromatic N) is 1. The largest absolute Gasteiger partial charge is 0.395 e. The van der Waals surface area contributed by atoms with Crippen LogP contribution in [0.4, 0.5) is 0 Å². The van der Waals surface area contributed by atoms with E-state index in [2.05, 4.69) is 54.9 Å². The SMILES string of the molecule is C=CCN(CCO)Cc1ccccc1CNCC(C)C. The van der Waals surface area contributed by atoms with Gasteiger partial charge in [-0.1, -0.05) is 44.2 Å². The van der Waals surface area contributed by atoms with Crippen LogP contribution in [0.5, 0.6) is 0 Å². The zero-order valence-electron chi connectivity index (χ0n) is 12.8. The Labute approximate surface area is 123 Å². The van der Waals surface area contributed by atoms with Crippen molar-refractivity contribution in [2.45, 2.75) is 26.9 Å². The molecular weight excluding hydrogens is 248 g/mol. The first-order valence-corrected chi connectivity index (χ1v) is 7.39. The molecule has 0 radical (unpaired) electrons. The van der Waals surface area contributed by atoms with Crippen molar-refractivity contribution in [3.8, 4) is 0 Å². The fourth-order valence-electron chi connectivity index (χ4n) is 2.18. The van der Waals surface area contributed by atoms with Crippen LogP contribution in [0, 0.1) is 5.92 Å². The maximum atomic E-state index is 9.12. The lowest BCUT2D eigenvalue weighted by Gasteiger charge is -2.21. The van der Waals surface area contributed by atoms with Crippen molar-refractivity contribution in [2.75, 3.05) is 26.2 Å². The second-order valence-corrected chi connectivity index (χ2v) is 5.54. The van der Waals surface area contributed by atoms with E-state index >= 15 is 0 Å². The van der Waals surface area contributed by atoms with Crippen molar-refractivity contribution in [2.24, 2.45) is 5.92 Å². The predicted molar refractivity (Wildman–Crippen MR) is 85.5 cm³/mol. The second kappa shape index (κ2) is 9.70. The van der Waals surface area contributed by atoms with E-state index in [9.17, 15) is 0 Å². The minimum absolute atomic E-state index is 0.182. The molecule has 0 aliphatic rings. The highest BCUT2D eigenvalue weighted by molar-refractivity contribution is 5.27. The molecular formula is C17H28N2O. The summed E-state index contributed by atoms with van der Waals surface area (Å²) in [5.74, 6) is 0.661. The highest BCUT2D eigenvalue weighted by Crippen LogP contribution is 2.12. The van der Waals surface area contributed by atoms with Gasteiger partial charge in [-0.15, -0.1) is 6.58 Å². The zero-order valence-corrected chi connectivity index (χ0v) is 12.8. The summed E-state index contributed by atoms with van der Waals surface area (Å²) in [5.41, 5.74) is 2.65. The molecule has 0 spiro atoms. The summed E-state index contributed by atoms with van der Waals surface area (Å²) in [6.45, 7) is 12.7. The lowest BCUT2D eigenvalue weighted by molar-refractivity contribution is 0.203. The fourth-order valence-corrected chi connectivity index (χ4v) is 2.18. The molecule has 3 nitrogen and oxygen atoms in total. The van der Waals surface area contributed by atoms with Crippen molar-refractivity contribution in [1.82, 2.24) is 10.2 Å². The Hall–Kier alpha value is -1.16. The number of nitrogens with one attached hydrogen (secondary N) is 1. The summed E-state index contributed by atoms with van der Waals surface area (Å²) in [6.07, 6.45) is 1.88. The molecule has 1 rings (SSSR count). The van der Waals surface area contributed by atoms with E-state index in [1.54, 1.807) is 0 Å². The standard InChI is InChI=1S/C17H28N2O/c1-4-9-19(10-11-20)14-17-8-6-5-7-16(17)13-18-12-15(2)3/h4-8,15,18,20H,1,9-14H2,2-3H3. The summed E-state index contributed by atoms with van der Waals surface area (Å²) >= 11 is 0. The fraction of sp³-hybridized carbons (Fsp3) is 0.529. The molecule has 0 saturated heterocycles. The molecule has 1 aromatic carbocycles. The molecule has 0 fully saturated rings. The molecule has 0 aliphatic carbocycles. The number of hydrogen-bond acceptors (Lipinski definition) is 3. The third-order valence-electron chi connectivity index (χ3n) is 3.18. The monoisotopic (exact) mass is 276 g/mol. The summed E-state index contributed by atoms with van der Waals surface area (Å²) in [4.78, 5) is 2.20. The van der Waals surface area contributed by atoms with Crippen molar-refractivity contribution in [3.63, 3.8) is 0 Å². The van der Waals surface area contributed by atoms with Crippen LogP contribution in [-0.2, 0) is 13.1 Å². The maximum Gasteiger partial charge on any atom is 0.0558 e. The summed E-state index contributed by atoms with van der Waals surface area (Å²) in [6, 6.07) is 8.50. The molecule has 2 N–H and O–H groups in total. The minimum atomic E-state index is 0.182. The van der Waals surface area contributed by atoms with Crippen LogP contribution in [0.15, 0.2) is 36.9 Å². The third kappa shape index (κ3) is 6.33. The van der Waals surface area contributed by atoms with Gasteiger partial charge < -0.3 is 10.4 Å². The Morgan fingerprint density at radius 3 is 2.60 bits per heavy atom. The Kier molecular flexibility index (Phi) is 8.19. The van der Waals surface area contributed by atoms with Gasteiger partial charge in [0.2, 0.25) is 0 Å². The maximum absolute atomic E-state index is 9.12. The van der Waals surface area contributed by atoms with E-state index in [4.69, 9.17) is 5.11 Å². The van der Waals surface area contributed by atoms with Gasteiger partial charge in [0.05, 0.1) is 6.61 Å². The van der Waals surface area contributed by atoms with Gasteiger partial charge in [0.1, 0.15) is 0 Å². The van der Waals surface area contributed by atoms with Gasteiger partial charge in [0.25, 0.3) is 0 Å². The first kappa shape index (κ1) is 16.9. The van der Waals surface area contributed by atoms with Crippen molar-refractivity contribution in [3.05, 3.63) is 48.0 Å². The van der Waals surface area contributed by atoms with Crippen LogP contribution in [0.2, 0.25) is 0 Å². The molecule has 0 amide bonds. The van der Waals surface area contributed by atoms with Crippen LogP contribution >= 0.6 is 0 Å². The second-order valence-electron chi connectivity index (χ2n) is 5.54. The van der Waals surface area contributed by atoms with E-state index in [-0.39, 0.29) is 6.61 Å². The number of aliphatic hydroxyl groups is 1. The lowest BCUT2D eigenvalue weighted by Crippen LogP contribution is -2.27. The van der Waals surface area contributed by atoms with Gasteiger partial charge in [-0.05, 0) is 23.6 Å². The van der Waals surface area contributed by atoms with Crippen molar-refractivity contribution < 1.29 is 5.11 Å². The molecule has 3 heteroatoms. The molecule has 20 heavy (non-hydrogen) atoms. The number of aliphatic hydroxyl groups excluding tert-OH is 1. The average molecular weight is 276 g/mol. The van der Waals surface area contributed by atoms with E-state index in [0.717, 1.165) is 26.2 Å². The molecule has 0 bridgehead atoms. The van der Waals surface area contributed by atoms with Gasteiger partial charge in [0.15, 0.2) is 0 Å². The number of hydrogen-bond donors (Lipinski definition) is 2. The molecule has 0 aromatic heterocycles. The van der Waals surface area contributed by atoms with Crippen LogP contribution in [0.3, 0.4) is 0 Å². The van der Waals surface area contributed by atoms with Crippen molar-refractivity contribution >= 4 is 0 Å². The Bertz CT molecular complexity index is 390.